The first kappa shape index (κ1) is 92.6. The van der Waals surface area contributed by atoms with Crippen molar-refractivity contribution in [1.29, 1.82) is 0 Å². The molecule has 658 valence electrons. The standard InChI is InChI=1S/C29H39ClN6O4S.C28H38ClN7O4S.C28H37N7O4S/c1-28(2,3)19-40-24-14-17-36(34-24)23-12-11-21(26(30)33-23)27(37)35-41(38,39)25-10-6-9-22(32-25)31-16-7-8-20-13-15-29(4,5)18-20;1-27(2,3)18-40-23-13-15-36(34-23)22-12-11-20(25(29)33-22)26(37)35-41(38,39)24-10-6-9-21(32-24)30-14-7-8-19-16-28(4,5)31-17-19;1-27(2,3)18-39-23-13-15-35(32-23)22-12-11-20-25(31-22)34-17-19(16-28(34,4)5)8-7-14-29-21-9-6-10-24(30-21)40(37,38)33-26(20)36/h6,9-12,14,17,20H,7-8,13,15-16,18-19H2,1-5H3,(H,31,32)(H,35,37);6,9-13,15,19,31H,7-8,14,16-18H2,1-5H3,(H,30,32)(H,35,37);6,9-13,15,19H,7-8,14,16-18H2,1-5H3,(H,29,30)(H,33,36)/t20-;2*19-/m100/s1. The number of nitrogens with zero attached hydrogens (tertiary/aromatic N) is 13. The fraction of sp³-hybridized carbons (Fsp3) is 0.506. The molecule has 3 aliphatic heterocycles. The van der Waals surface area contributed by atoms with Gasteiger partial charge in [0.2, 0.25) is 17.6 Å². The summed E-state index contributed by atoms with van der Waals surface area (Å²) in [6.45, 7) is 37.1. The van der Waals surface area contributed by atoms with E-state index in [-0.39, 0.29) is 69.4 Å². The molecule has 0 spiro atoms. The molecule has 37 heteroatoms. The molecule has 2 saturated heterocycles. The number of ether oxygens (including phenoxy) is 3. The van der Waals surface area contributed by atoms with Crippen LogP contribution in [0.5, 0.6) is 17.6 Å². The molecule has 3 atom stereocenters. The van der Waals surface area contributed by atoms with E-state index in [2.05, 4.69) is 175 Å². The minimum atomic E-state index is -4.26. The fourth-order valence-electron chi connectivity index (χ4n) is 14.6. The minimum absolute atomic E-state index is 0.0190. The summed E-state index contributed by atoms with van der Waals surface area (Å²) in [5.74, 6) is 3.37. The van der Waals surface area contributed by atoms with E-state index in [0.717, 1.165) is 63.8 Å². The van der Waals surface area contributed by atoms with Crippen molar-refractivity contribution in [2.24, 2.45) is 39.4 Å². The lowest BCUT2D eigenvalue weighted by Crippen LogP contribution is -2.41. The second-order valence-electron chi connectivity index (χ2n) is 37.1. The Morgan fingerprint density at radius 1 is 0.566 bits per heavy atom. The number of carbonyl (C=O) groups is 3. The zero-order valence-corrected chi connectivity index (χ0v) is 75.9. The van der Waals surface area contributed by atoms with E-state index in [1.54, 1.807) is 90.0 Å². The zero-order chi connectivity index (χ0) is 88.4. The maximum absolute atomic E-state index is 13.5. The maximum Gasteiger partial charge on any atom is 0.281 e. The van der Waals surface area contributed by atoms with Gasteiger partial charge in [-0.2, -0.15) is 25.3 Å². The molecule has 3 amide bonds. The van der Waals surface area contributed by atoms with Crippen LogP contribution in [0.3, 0.4) is 0 Å². The number of amides is 3. The number of halogens is 2. The van der Waals surface area contributed by atoms with Crippen LogP contribution in [0.15, 0.2) is 143 Å². The first-order chi connectivity index (χ1) is 57.2. The highest BCUT2D eigenvalue weighted by Gasteiger charge is 2.42. The summed E-state index contributed by atoms with van der Waals surface area (Å²) in [5, 5.41) is 25.2. The van der Waals surface area contributed by atoms with Gasteiger partial charge in [-0.25, -0.2) is 58.1 Å². The second-order valence-corrected chi connectivity index (χ2v) is 42.7. The third kappa shape index (κ3) is 26.2. The van der Waals surface area contributed by atoms with Gasteiger partial charge in [0.1, 0.15) is 33.6 Å². The third-order valence-electron chi connectivity index (χ3n) is 20.5. The topological polar surface area (TPSA) is 400 Å². The Kier molecular flexibility index (Phi) is 29.1. The minimum Gasteiger partial charge on any atom is -0.476 e. The number of hydrogen-bond acceptors (Lipinski definition) is 26. The molecular weight excluding hydrogens is 1660 g/mol. The molecule has 7 N–H and O–H groups in total. The van der Waals surface area contributed by atoms with E-state index in [0.29, 0.717) is 122 Å². The molecule has 9 aromatic heterocycles. The van der Waals surface area contributed by atoms with Crippen molar-refractivity contribution in [2.75, 3.05) is 73.4 Å². The highest BCUT2D eigenvalue weighted by atomic mass is 35.5. The summed E-state index contributed by atoms with van der Waals surface area (Å²) in [5.41, 5.74) is 0.204. The maximum atomic E-state index is 13.5. The molecular formula is C85H114Cl2N20O12S3. The first-order valence-corrected chi connectivity index (χ1v) is 46.2. The number of carbonyl (C=O) groups excluding carboxylic acids is 3. The number of anilines is 4. The molecule has 4 bridgehead atoms. The summed E-state index contributed by atoms with van der Waals surface area (Å²) < 4.78 is 106. The van der Waals surface area contributed by atoms with Crippen LogP contribution in [0.1, 0.15) is 206 Å². The van der Waals surface area contributed by atoms with Gasteiger partial charge >= 0.3 is 0 Å². The summed E-state index contributed by atoms with van der Waals surface area (Å²) in [4.78, 5) is 67.3. The Morgan fingerprint density at radius 2 is 1.04 bits per heavy atom. The van der Waals surface area contributed by atoms with Gasteiger partial charge < -0.3 is 40.4 Å². The van der Waals surface area contributed by atoms with E-state index in [1.165, 1.54) is 71.1 Å². The molecule has 4 aliphatic rings. The van der Waals surface area contributed by atoms with Gasteiger partial charge in [0.25, 0.3) is 47.8 Å². The molecule has 0 radical (unpaired) electrons. The molecule has 0 aromatic carbocycles. The predicted molar refractivity (Wildman–Crippen MR) is 470 cm³/mol. The number of aromatic nitrogens is 12. The molecule has 122 heavy (non-hydrogen) atoms. The number of nitrogens with one attached hydrogen (secondary N) is 7. The molecule has 9 aromatic rings. The summed E-state index contributed by atoms with van der Waals surface area (Å²) in [6, 6.07) is 28.1. The van der Waals surface area contributed by atoms with Crippen LogP contribution < -0.4 is 54.5 Å². The van der Waals surface area contributed by atoms with Crippen molar-refractivity contribution < 1.29 is 53.8 Å². The Bertz CT molecular complexity index is 5320. The van der Waals surface area contributed by atoms with Crippen molar-refractivity contribution in [2.45, 2.75) is 201 Å². The summed E-state index contributed by atoms with van der Waals surface area (Å²) in [6.07, 6.45) is 16.9. The Balaban J connectivity index is 0.000000179. The van der Waals surface area contributed by atoms with E-state index in [9.17, 15) is 39.6 Å². The molecule has 1 saturated carbocycles. The van der Waals surface area contributed by atoms with Crippen molar-refractivity contribution >= 4 is 94.3 Å². The third-order valence-corrected chi connectivity index (χ3v) is 24.8. The van der Waals surface area contributed by atoms with Gasteiger partial charge in [-0.15, -0.1) is 15.3 Å². The van der Waals surface area contributed by atoms with Crippen LogP contribution in [0.4, 0.5) is 23.3 Å². The Hall–Kier alpha value is -10.1. The molecule has 3 fully saturated rings. The van der Waals surface area contributed by atoms with Crippen LogP contribution in [0.25, 0.3) is 17.5 Å². The van der Waals surface area contributed by atoms with Gasteiger partial charge in [-0.05, 0) is 217 Å². The lowest BCUT2D eigenvalue weighted by atomic mass is 9.89. The zero-order valence-electron chi connectivity index (χ0n) is 72.0. The molecule has 0 unspecified atom stereocenters. The van der Waals surface area contributed by atoms with E-state index < -0.39 is 47.8 Å². The van der Waals surface area contributed by atoms with Gasteiger partial charge in [0, 0.05) is 74.0 Å². The lowest BCUT2D eigenvalue weighted by molar-refractivity contribution is 0.0972. The van der Waals surface area contributed by atoms with Crippen LogP contribution in [0.2, 0.25) is 10.3 Å². The van der Waals surface area contributed by atoms with Crippen LogP contribution in [-0.2, 0) is 30.1 Å². The van der Waals surface area contributed by atoms with Gasteiger partial charge in [0.05, 0.1) is 36.5 Å². The highest BCUT2D eigenvalue weighted by molar-refractivity contribution is 7.90. The van der Waals surface area contributed by atoms with E-state index in [4.69, 9.17) is 42.4 Å². The average molecular weight is 1780 g/mol. The molecule has 1 aliphatic carbocycles. The quantitative estimate of drug-likeness (QED) is 0.0206. The smallest absolute Gasteiger partial charge is 0.281 e. The van der Waals surface area contributed by atoms with Crippen LogP contribution in [0, 0.1) is 39.4 Å². The number of rotatable bonds is 25. The summed E-state index contributed by atoms with van der Waals surface area (Å²) >= 11 is 12.5. The van der Waals surface area contributed by atoms with E-state index in [1.807, 2.05) is 9.44 Å². The predicted octanol–water partition coefficient (Wildman–Crippen LogP) is 14.3. The lowest BCUT2D eigenvalue weighted by Gasteiger charge is -2.34. The number of pyridine rings is 6. The SMILES string of the molecule is CC(C)(C)COc1ccn(-c2ccc(C(=O)NS(=O)(=O)c3cccc(NCCC[C@@H]4CCC(C)(C)C4)n3)c(Cl)n2)n1.CC(C)(C)COc1ccn(-c2ccc(C(=O)NS(=O)(=O)c3cccc(NCCC[C@@H]4CNC(C)(C)C4)n3)c(Cl)n2)n1.CC(C)(C)COc1ccn(-c2ccc3c(n2)N2C[C@@H](CCCNc4cccc(n4)S(=O)(=O)NC3=O)CC2(C)C)n1. The molecule has 12 heterocycles. The number of hydrogen-bond donors (Lipinski definition) is 7. The van der Waals surface area contributed by atoms with Gasteiger partial charge in [-0.1, -0.05) is 118 Å². The molecule has 32 nitrogen and oxygen atoms in total. The van der Waals surface area contributed by atoms with E-state index >= 15 is 0 Å². The number of sulfonamides is 3. The second kappa shape index (κ2) is 38.4. The Labute approximate surface area is 725 Å². The van der Waals surface area contributed by atoms with Crippen LogP contribution in [-0.4, -0.2) is 166 Å². The van der Waals surface area contributed by atoms with Crippen molar-refractivity contribution in [3.63, 3.8) is 0 Å². The van der Waals surface area contributed by atoms with Crippen molar-refractivity contribution in [3.8, 4) is 35.1 Å². The van der Waals surface area contributed by atoms with Crippen molar-refractivity contribution in [1.82, 2.24) is 78.7 Å². The first-order valence-electron chi connectivity index (χ1n) is 41.0. The van der Waals surface area contributed by atoms with Gasteiger partial charge in [0.15, 0.2) is 32.5 Å². The monoisotopic (exact) mass is 1770 g/mol. The van der Waals surface area contributed by atoms with Crippen LogP contribution >= 0.6 is 23.2 Å². The number of fused-ring (bicyclic) bond motifs is 6. The normalized spacial score (nSPS) is 18.1. The van der Waals surface area contributed by atoms with Gasteiger partial charge in [-0.3, -0.25) is 14.4 Å². The molecule has 13 rings (SSSR count). The van der Waals surface area contributed by atoms with Crippen molar-refractivity contribution in [3.05, 3.63) is 155 Å². The fourth-order valence-corrected chi connectivity index (χ4v) is 17.8. The highest BCUT2D eigenvalue weighted by Crippen LogP contribution is 2.43. The Morgan fingerprint density at radius 3 is 1.50 bits per heavy atom. The largest absolute Gasteiger partial charge is 0.476 e. The summed E-state index contributed by atoms with van der Waals surface area (Å²) in [7, 11) is -12.7. The average Bonchev–Trinajstić information content (AvgIpc) is 1.55.